The minimum Gasteiger partial charge on any atom is -0.378 e. The lowest BCUT2D eigenvalue weighted by atomic mass is 10.1. The van der Waals surface area contributed by atoms with E-state index in [2.05, 4.69) is 41.4 Å². The van der Waals surface area contributed by atoms with Gasteiger partial charge >= 0.3 is 0 Å². The number of fused-ring (bicyclic) bond motifs is 1. The summed E-state index contributed by atoms with van der Waals surface area (Å²) in [7, 11) is 0. The van der Waals surface area contributed by atoms with Gasteiger partial charge in [-0.05, 0) is 38.1 Å². The first-order valence-electron chi connectivity index (χ1n) is 10.2. The normalized spacial score (nSPS) is 14.2. The van der Waals surface area contributed by atoms with Crippen LogP contribution in [0.5, 0.6) is 0 Å². The molecule has 0 radical (unpaired) electrons. The minimum absolute atomic E-state index is 0.237. The number of hydrogen-bond acceptors (Lipinski definition) is 6. The number of nitrogens with one attached hydrogen (secondary N) is 3. The molecule has 5 rings (SSSR count). The molecule has 1 amide bonds. The Bertz CT molecular complexity index is 1250. The van der Waals surface area contributed by atoms with E-state index in [1.807, 2.05) is 38.2 Å². The predicted octanol–water partition coefficient (Wildman–Crippen LogP) is 3.05. The Hall–Kier alpha value is -3.72. The number of aromatic nitrogens is 5. The smallest absolute Gasteiger partial charge is 0.273 e. The number of pyridine rings is 2. The highest BCUT2D eigenvalue weighted by molar-refractivity contribution is 6.04. The summed E-state index contributed by atoms with van der Waals surface area (Å²) in [6.07, 6.45) is 3.46. The standard InChI is InChI=1S/C22H23N7O2/c1-13-14(2)27-28-20(13)22(30)25-17-9-16-10-18(26-21(16)24-12-17)15-3-4-23-19(11-15)29-5-7-31-8-6-29/h3-4,9-12H,5-8H2,1-2H3,(H,24,26)(H,25,30)(H,27,28). The van der Waals surface area contributed by atoms with Crippen LogP contribution >= 0.6 is 0 Å². The van der Waals surface area contributed by atoms with E-state index < -0.39 is 0 Å². The van der Waals surface area contributed by atoms with Gasteiger partial charge in [-0.15, -0.1) is 0 Å². The van der Waals surface area contributed by atoms with Crippen molar-refractivity contribution in [3.63, 3.8) is 0 Å². The number of carbonyl (C=O) groups excluding carboxylic acids is 1. The maximum atomic E-state index is 12.6. The van der Waals surface area contributed by atoms with Gasteiger partial charge in [0.15, 0.2) is 0 Å². The summed E-state index contributed by atoms with van der Waals surface area (Å²) in [6, 6.07) is 7.98. The molecule has 3 N–H and O–H groups in total. The highest BCUT2D eigenvalue weighted by atomic mass is 16.5. The van der Waals surface area contributed by atoms with Crippen LogP contribution in [0.3, 0.4) is 0 Å². The average molecular weight is 417 g/mol. The van der Waals surface area contributed by atoms with Gasteiger partial charge < -0.3 is 19.9 Å². The molecule has 1 aliphatic rings. The van der Waals surface area contributed by atoms with Crippen LogP contribution in [0.4, 0.5) is 11.5 Å². The maximum absolute atomic E-state index is 12.6. The monoisotopic (exact) mass is 417 g/mol. The van der Waals surface area contributed by atoms with Gasteiger partial charge in [0.05, 0.1) is 30.8 Å². The number of ether oxygens (including phenoxy) is 1. The summed E-state index contributed by atoms with van der Waals surface area (Å²) in [4.78, 5) is 27.1. The van der Waals surface area contributed by atoms with Gasteiger partial charge in [-0.3, -0.25) is 9.89 Å². The predicted molar refractivity (Wildman–Crippen MR) is 118 cm³/mol. The van der Waals surface area contributed by atoms with Crippen molar-refractivity contribution < 1.29 is 9.53 Å². The third-order valence-corrected chi connectivity index (χ3v) is 5.60. The van der Waals surface area contributed by atoms with Crippen molar-refractivity contribution >= 4 is 28.4 Å². The van der Waals surface area contributed by atoms with E-state index in [0.717, 1.165) is 52.5 Å². The summed E-state index contributed by atoms with van der Waals surface area (Å²) in [5.74, 6) is 0.699. The number of rotatable bonds is 4. The van der Waals surface area contributed by atoms with Crippen molar-refractivity contribution in [2.45, 2.75) is 13.8 Å². The van der Waals surface area contributed by atoms with E-state index in [-0.39, 0.29) is 5.91 Å². The first kappa shape index (κ1) is 19.3. The number of amides is 1. The van der Waals surface area contributed by atoms with Gasteiger partial charge in [0.2, 0.25) is 0 Å². The summed E-state index contributed by atoms with van der Waals surface area (Å²) in [6.45, 7) is 6.84. The molecule has 0 spiro atoms. The van der Waals surface area contributed by atoms with Crippen LogP contribution in [-0.4, -0.2) is 57.4 Å². The second-order valence-electron chi connectivity index (χ2n) is 7.61. The Morgan fingerprint density at radius 2 is 2.00 bits per heavy atom. The van der Waals surface area contributed by atoms with E-state index in [4.69, 9.17) is 4.74 Å². The van der Waals surface area contributed by atoms with E-state index in [9.17, 15) is 4.79 Å². The molecule has 0 bridgehead atoms. The van der Waals surface area contributed by atoms with Crippen molar-refractivity contribution in [1.82, 2.24) is 25.1 Å². The van der Waals surface area contributed by atoms with Crippen LogP contribution in [-0.2, 0) is 4.74 Å². The Balaban J connectivity index is 1.40. The van der Waals surface area contributed by atoms with Crippen molar-refractivity contribution in [1.29, 1.82) is 0 Å². The zero-order valence-electron chi connectivity index (χ0n) is 17.4. The first-order chi connectivity index (χ1) is 15.1. The summed E-state index contributed by atoms with van der Waals surface area (Å²) < 4.78 is 5.43. The van der Waals surface area contributed by atoms with Gasteiger partial charge in [0, 0.05) is 41.5 Å². The Kier molecular flexibility index (Phi) is 4.87. The fraction of sp³-hybridized carbons (Fsp3) is 0.273. The zero-order chi connectivity index (χ0) is 21.4. The largest absolute Gasteiger partial charge is 0.378 e. The molecule has 1 fully saturated rings. The van der Waals surface area contributed by atoms with Gasteiger partial charge in [-0.25, -0.2) is 9.97 Å². The fourth-order valence-electron chi connectivity index (χ4n) is 3.69. The number of H-pyrrole nitrogens is 2. The molecule has 0 aliphatic carbocycles. The number of aromatic amines is 2. The van der Waals surface area contributed by atoms with Crippen LogP contribution < -0.4 is 10.2 Å². The maximum Gasteiger partial charge on any atom is 0.273 e. The second-order valence-corrected chi connectivity index (χ2v) is 7.61. The van der Waals surface area contributed by atoms with Gasteiger partial charge in [-0.2, -0.15) is 5.10 Å². The van der Waals surface area contributed by atoms with E-state index in [0.29, 0.717) is 24.6 Å². The topological polar surface area (TPSA) is 112 Å². The van der Waals surface area contributed by atoms with Gasteiger partial charge in [0.25, 0.3) is 5.91 Å². The van der Waals surface area contributed by atoms with Crippen LogP contribution in [0.1, 0.15) is 21.7 Å². The zero-order valence-corrected chi connectivity index (χ0v) is 17.4. The number of nitrogens with zero attached hydrogens (tertiary/aromatic N) is 4. The molecule has 1 aliphatic heterocycles. The highest BCUT2D eigenvalue weighted by Crippen LogP contribution is 2.27. The van der Waals surface area contributed by atoms with Gasteiger partial charge in [-0.1, -0.05) is 0 Å². The lowest BCUT2D eigenvalue weighted by molar-refractivity contribution is 0.102. The lowest BCUT2D eigenvalue weighted by Crippen LogP contribution is -2.36. The summed E-state index contributed by atoms with van der Waals surface area (Å²) in [5.41, 5.74) is 5.46. The molecule has 0 unspecified atom stereocenters. The van der Waals surface area contributed by atoms with Crippen LogP contribution in [0.2, 0.25) is 0 Å². The molecule has 4 aromatic rings. The first-order valence-corrected chi connectivity index (χ1v) is 10.2. The van der Waals surface area contributed by atoms with Crippen molar-refractivity contribution in [3.05, 3.63) is 53.6 Å². The molecule has 1 saturated heterocycles. The molecule has 0 saturated carbocycles. The molecule has 0 atom stereocenters. The van der Waals surface area contributed by atoms with Crippen LogP contribution in [0, 0.1) is 13.8 Å². The van der Waals surface area contributed by atoms with Crippen molar-refractivity contribution in [3.8, 4) is 11.3 Å². The molecule has 158 valence electrons. The third kappa shape index (κ3) is 3.75. The lowest BCUT2D eigenvalue weighted by Gasteiger charge is -2.27. The number of hydrogen-bond donors (Lipinski definition) is 3. The van der Waals surface area contributed by atoms with E-state index in [1.54, 1.807) is 6.20 Å². The number of anilines is 2. The SMILES string of the molecule is Cc1n[nH]c(C(=O)Nc2cnc3[nH]c(-c4ccnc(N5CCOCC5)c4)cc3c2)c1C. The molecule has 4 aromatic heterocycles. The van der Waals surface area contributed by atoms with E-state index in [1.165, 1.54) is 0 Å². The third-order valence-electron chi connectivity index (χ3n) is 5.60. The summed E-state index contributed by atoms with van der Waals surface area (Å²) >= 11 is 0. The number of aryl methyl sites for hydroxylation is 1. The molecule has 31 heavy (non-hydrogen) atoms. The Morgan fingerprint density at radius 3 is 2.77 bits per heavy atom. The molecule has 9 heteroatoms. The number of morpholine rings is 1. The highest BCUT2D eigenvalue weighted by Gasteiger charge is 2.16. The van der Waals surface area contributed by atoms with E-state index >= 15 is 0 Å². The van der Waals surface area contributed by atoms with Crippen molar-refractivity contribution in [2.75, 3.05) is 36.5 Å². The molecule has 0 aromatic carbocycles. The van der Waals surface area contributed by atoms with Crippen LogP contribution in [0.15, 0.2) is 36.7 Å². The average Bonchev–Trinajstić information content (AvgIpc) is 3.37. The minimum atomic E-state index is -0.237. The second kappa shape index (κ2) is 7.84. The molecular formula is C22H23N7O2. The quantitative estimate of drug-likeness (QED) is 0.471. The molecule has 9 nitrogen and oxygen atoms in total. The molecular weight excluding hydrogens is 394 g/mol. The Labute approximate surface area is 178 Å². The Morgan fingerprint density at radius 1 is 1.16 bits per heavy atom. The molecule has 5 heterocycles. The fourth-order valence-corrected chi connectivity index (χ4v) is 3.69. The summed E-state index contributed by atoms with van der Waals surface area (Å²) in [5, 5.41) is 10.7. The van der Waals surface area contributed by atoms with Crippen LogP contribution in [0.25, 0.3) is 22.3 Å². The number of carbonyl (C=O) groups is 1. The van der Waals surface area contributed by atoms with Gasteiger partial charge in [0.1, 0.15) is 17.2 Å². The van der Waals surface area contributed by atoms with Crippen molar-refractivity contribution in [2.24, 2.45) is 0 Å².